The number of benzene rings is 1. The summed E-state index contributed by atoms with van der Waals surface area (Å²) in [5.74, 6) is -1.20. The molecule has 1 aliphatic rings. The molecule has 0 atom stereocenters. The lowest BCUT2D eigenvalue weighted by molar-refractivity contribution is -0.115. The fraction of sp³-hybridized carbons (Fsp3) is 0.500. The van der Waals surface area contributed by atoms with Gasteiger partial charge in [0.15, 0.2) is 9.84 Å². The van der Waals surface area contributed by atoms with Crippen LogP contribution in [-0.4, -0.2) is 38.4 Å². The van der Waals surface area contributed by atoms with Crippen LogP contribution in [0.1, 0.15) is 42.5 Å². The van der Waals surface area contributed by atoms with Crippen molar-refractivity contribution in [2.45, 2.75) is 37.4 Å². The number of anilines is 1. The fourth-order valence-electron chi connectivity index (χ4n) is 2.74. The van der Waals surface area contributed by atoms with Gasteiger partial charge in [-0.15, -0.1) is 0 Å². The summed E-state index contributed by atoms with van der Waals surface area (Å²) >= 11 is 5.91. The van der Waals surface area contributed by atoms with E-state index in [1.807, 2.05) is 0 Å². The summed E-state index contributed by atoms with van der Waals surface area (Å²) in [6.07, 6.45) is 3.11. The van der Waals surface area contributed by atoms with Crippen LogP contribution in [0, 0.1) is 0 Å². The molecule has 0 bridgehead atoms. The monoisotopic (exact) mass is 373 g/mol. The topological polar surface area (TPSA) is 89.5 Å². The zero-order valence-corrected chi connectivity index (χ0v) is 15.0. The van der Waals surface area contributed by atoms with Crippen LogP contribution in [-0.2, 0) is 19.4 Å². The van der Waals surface area contributed by atoms with E-state index >= 15 is 0 Å². The van der Waals surface area contributed by atoms with E-state index in [-0.39, 0.29) is 28.0 Å². The molecule has 6 nitrogen and oxygen atoms in total. The first-order valence-electron chi connectivity index (χ1n) is 7.73. The molecule has 0 aromatic heterocycles. The van der Waals surface area contributed by atoms with Gasteiger partial charge in [0.1, 0.15) is 0 Å². The largest absolute Gasteiger partial charge is 0.465 e. The van der Waals surface area contributed by atoms with Crippen LogP contribution in [0.15, 0.2) is 18.2 Å². The molecule has 8 heteroatoms. The highest BCUT2D eigenvalue weighted by Crippen LogP contribution is 2.26. The minimum absolute atomic E-state index is 0.116. The third-order valence-electron chi connectivity index (χ3n) is 4.08. The number of hydrogen-bond acceptors (Lipinski definition) is 5. The van der Waals surface area contributed by atoms with Gasteiger partial charge in [0, 0.05) is 12.1 Å². The van der Waals surface area contributed by atoms with Gasteiger partial charge in [-0.3, -0.25) is 4.79 Å². The Hall–Kier alpha value is -1.60. The first-order valence-corrected chi connectivity index (χ1v) is 9.82. The second-order valence-electron chi connectivity index (χ2n) is 5.76. The molecule has 1 aromatic rings. The van der Waals surface area contributed by atoms with Gasteiger partial charge in [0.05, 0.1) is 28.7 Å². The molecule has 24 heavy (non-hydrogen) atoms. The number of sulfone groups is 1. The van der Waals surface area contributed by atoms with E-state index in [4.69, 9.17) is 11.6 Å². The molecule has 2 rings (SSSR count). The zero-order chi connectivity index (χ0) is 17.7. The quantitative estimate of drug-likeness (QED) is 0.774. The molecule has 1 amide bonds. The predicted molar refractivity (Wildman–Crippen MR) is 92.1 cm³/mol. The molecule has 1 fully saturated rings. The van der Waals surface area contributed by atoms with Gasteiger partial charge >= 0.3 is 5.97 Å². The number of nitrogens with one attached hydrogen (secondary N) is 1. The summed E-state index contributed by atoms with van der Waals surface area (Å²) in [5.41, 5.74) is 0.499. The maximum atomic E-state index is 12.2. The average molecular weight is 374 g/mol. The molecule has 0 spiro atoms. The van der Waals surface area contributed by atoms with Crippen molar-refractivity contribution >= 4 is 39.0 Å². The summed E-state index contributed by atoms with van der Waals surface area (Å²) < 4.78 is 28.9. The van der Waals surface area contributed by atoms with Gasteiger partial charge in [-0.25, -0.2) is 13.2 Å². The van der Waals surface area contributed by atoms with Crippen molar-refractivity contribution in [1.29, 1.82) is 0 Å². The third-order valence-corrected chi connectivity index (χ3v) is 6.67. The van der Waals surface area contributed by atoms with Crippen molar-refractivity contribution < 1.29 is 22.7 Å². The van der Waals surface area contributed by atoms with E-state index < -0.39 is 21.7 Å². The van der Waals surface area contributed by atoms with Crippen LogP contribution in [0.2, 0.25) is 5.02 Å². The van der Waals surface area contributed by atoms with E-state index in [1.54, 1.807) is 0 Å². The molecule has 0 radical (unpaired) electrons. The Balaban J connectivity index is 1.96. The first-order chi connectivity index (χ1) is 11.3. The molecular weight excluding hydrogens is 354 g/mol. The van der Waals surface area contributed by atoms with E-state index in [2.05, 4.69) is 10.1 Å². The first kappa shape index (κ1) is 18.7. The molecule has 0 unspecified atom stereocenters. The predicted octanol–water partition coefficient (Wildman–Crippen LogP) is 2.81. The Labute approximate surface area is 146 Å². The Kier molecular flexibility index (Phi) is 6.23. The number of ether oxygens (including phenoxy) is 1. The molecule has 1 aliphatic carbocycles. The molecule has 132 valence electrons. The summed E-state index contributed by atoms with van der Waals surface area (Å²) in [6, 6.07) is 4.41. The van der Waals surface area contributed by atoms with Crippen LogP contribution in [0.25, 0.3) is 0 Å². The zero-order valence-electron chi connectivity index (χ0n) is 13.4. The van der Waals surface area contributed by atoms with Crippen molar-refractivity contribution in [1.82, 2.24) is 0 Å². The number of halogens is 1. The Morgan fingerprint density at radius 1 is 1.29 bits per heavy atom. The lowest BCUT2D eigenvalue weighted by Gasteiger charge is -2.11. The van der Waals surface area contributed by atoms with E-state index in [0.717, 1.165) is 12.8 Å². The summed E-state index contributed by atoms with van der Waals surface area (Å²) in [5, 5.41) is 2.48. The Morgan fingerprint density at radius 2 is 1.96 bits per heavy atom. The lowest BCUT2D eigenvalue weighted by Crippen LogP contribution is -2.24. The minimum atomic E-state index is -3.24. The van der Waals surface area contributed by atoms with Crippen molar-refractivity contribution in [2.24, 2.45) is 0 Å². The van der Waals surface area contributed by atoms with Crippen LogP contribution in [0.4, 0.5) is 5.69 Å². The maximum Gasteiger partial charge on any atom is 0.339 e. The average Bonchev–Trinajstić information content (AvgIpc) is 3.09. The van der Waals surface area contributed by atoms with Crippen LogP contribution in [0.3, 0.4) is 0 Å². The number of esters is 1. The Bertz CT molecular complexity index is 726. The molecule has 0 aliphatic heterocycles. The highest BCUT2D eigenvalue weighted by molar-refractivity contribution is 7.92. The van der Waals surface area contributed by atoms with Crippen LogP contribution < -0.4 is 5.32 Å². The van der Waals surface area contributed by atoms with Gasteiger partial charge in [-0.1, -0.05) is 24.4 Å². The molecule has 0 saturated heterocycles. The Morgan fingerprint density at radius 3 is 2.58 bits per heavy atom. The van der Waals surface area contributed by atoms with Gasteiger partial charge in [0.2, 0.25) is 5.91 Å². The van der Waals surface area contributed by atoms with E-state index in [0.29, 0.717) is 18.5 Å². The number of rotatable bonds is 6. The molecule has 1 aromatic carbocycles. The van der Waals surface area contributed by atoms with Crippen molar-refractivity contribution in [3.8, 4) is 0 Å². The maximum absolute atomic E-state index is 12.2. The number of hydrogen-bond donors (Lipinski definition) is 1. The smallest absolute Gasteiger partial charge is 0.339 e. The number of carbonyl (C=O) groups is 2. The molecule has 0 heterocycles. The van der Waals surface area contributed by atoms with Crippen LogP contribution >= 0.6 is 11.6 Å². The normalized spacial score (nSPS) is 15.2. The number of methoxy groups -OCH3 is 1. The van der Waals surface area contributed by atoms with E-state index in [9.17, 15) is 18.0 Å². The van der Waals surface area contributed by atoms with E-state index in [1.165, 1.54) is 25.3 Å². The number of carbonyl (C=O) groups excluding carboxylic acids is 2. The highest BCUT2D eigenvalue weighted by atomic mass is 35.5. The van der Waals surface area contributed by atoms with Crippen molar-refractivity contribution in [3.63, 3.8) is 0 Å². The summed E-state index contributed by atoms with van der Waals surface area (Å²) in [6.45, 7) is 0. The van der Waals surface area contributed by atoms with Crippen molar-refractivity contribution in [2.75, 3.05) is 18.2 Å². The van der Waals surface area contributed by atoms with Gasteiger partial charge in [-0.2, -0.15) is 0 Å². The molecular formula is C16H20ClNO5S. The minimum Gasteiger partial charge on any atom is -0.465 e. The molecule has 1 saturated carbocycles. The lowest BCUT2D eigenvalue weighted by atomic mass is 10.2. The SMILES string of the molecule is COC(=O)c1cc(NC(=O)CCS(=O)(=O)C2CCCC2)ccc1Cl. The van der Waals surface area contributed by atoms with Gasteiger partial charge in [0.25, 0.3) is 0 Å². The van der Waals surface area contributed by atoms with Crippen molar-refractivity contribution in [3.05, 3.63) is 28.8 Å². The second-order valence-corrected chi connectivity index (χ2v) is 8.57. The number of amides is 1. The molecule has 1 N–H and O–H groups in total. The summed E-state index contributed by atoms with van der Waals surface area (Å²) in [4.78, 5) is 23.6. The second kappa shape index (κ2) is 7.98. The highest BCUT2D eigenvalue weighted by Gasteiger charge is 2.28. The standard InChI is InChI=1S/C16H20ClNO5S/c1-23-16(20)13-10-11(6-7-14(13)17)18-15(19)8-9-24(21,22)12-4-2-3-5-12/h6-7,10,12H,2-5,8-9H2,1H3,(H,18,19). The van der Waals surface area contributed by atoms with Crippen LogP contribution in [0.5, 0.6) is 0 Å². The summed E-state index contributed by atoms with van der Waals surface area (Å²) in [7, 11) is -2.00. The van der Waals surface area contributed by atoms with Gasteiger partial charge in [-0.05, 0) is 31.0 Å². The van der Waals surface area contributed by atoms with Gasteiger partial charge < -0.3 is 10.1 Å². The third kappa shape index (κ3) is 4.70. The fourth-order valence-corrected chi connectivity index (χ4v) is 4.79.